The van der Waals surface area contributed by atoms with Gasteiger partial charge in [0.25, 0.3) is 0 Å². The van der Waals surface area contributed by atoms with E-state index in [1.54, 1.807) is 0 Å². The SMILES string of the molecule is CCCOc1cccnc1N1CCC(C)(NC)CC1. The topological polar surface area (TPSA) is 37.4 Å². The number of rotatable bonds is 5. The molecule has 0 aliphatic carbocycles. The molecule has 0 spiro atoms. The van der Waals surface area contributed by atoms with Crippen molar-refractivity contribution in [1.82, 2.24) is 10.3 Å². The highest BCUT2D eigenvalue weighted by atomic mass is 16.5. The molecular weight excluding hydrogens is 238 g/mol. The molecule has 0 unspecified atom stereocenters. The second-order valence-electron chi connectivity index (χ2n) is 5.47. The molecule has 0 atom stereocenters. The normalized spacial score (nSPS) is 18.4. The predicted octanol–water partition coefficient (Wildman–Crippen LogP) is 2.45. The summed E-state index contributed by atoms with van der Waals surface area (Å²) in [7, 11) is 2.05. The Morgan fingerprint density at radius 3 is 2.79 bits per heavy atom. The number of nitrogens with zero attached hydrogens (tertiary/aromatic N) is 2. The molecule has 1 N–H and O–H groups in total. The minimum Gasteiger partial charge on any atom is -0.490 e. The van der Waals surface area contributed by atoms with Crippen molar-refractivity contribution >= 4 is 5.82 Å². The zero-order valence-electron chi connectivity index (χ0n) is 12.3. The first-order valence-corrected chi connectivity index (χ1v) is 7.20. The molecule has 1 aromatic heterocycles. The van der Waals surface area contributed by atoms with Crippen molar-refractivity contribution in [1.29, 1.82) is 0 Å². The summed E-state index contributed by atoms with van der Waals surface area (Å²) < 4.78 is 5.80. The Morgan fingerprint density at radius 1 is 1.42 bits per heavy atom. The van der Waals surface area contributed by atoms with E-state index in [-0.39, 0.29) is 5.54 Å². The molecule has 0 amide bonds. The van der Waals surface area contributed by atoms with E-state index in [1.807, 2.05) is 25.4 Å². The lowest BCUT2D eigenvalue weighted by Gasteiger charge is -2.40. The number of hydrogen-bond acceptors (Lipinski definition) is 4. The summed E-state index contributed by atoms with van der Waals surface area (Å²) in [6, 6.07) is 3.96. The first-order valence-electron chi connectivity index (χ1n) is 7.20. The summed E-state index contributed by atoms with van der Waals surface area (Å²) in [6.07, 6.45) is 5.13. The van der Waals surface area contributed by atoms with Crippen LogP contribution in [0, 0.1) is 0 Å². The Labute approximate surface area is 116 Å². The Balaban J connectivity index is 2.06. The van der Waals surface area contributed by atoms with Gasteiger partial charge >= 0.3 is 0 Å². The average Bonchev–Trinajstić information content (AvgIpc) is 2.46. The maximum Gasteiger partial charge on any atom is 0.171 e. The van der Waals surface area contributed by atoms with Crippen molar-refractivity contribution in [3.05, 3.63) is 18.3 Å². The third-order valence-electron chi connectivity index (χ3n) is 3.98. The van der Waals surface area contributed by atoms with Crippen molar-refractivity contribution in [3.8, 4) is 5.75 Å². The van der Waals surface area contributed by atoms with Gasteiger partial charge in [0.15, 0.2) is 11.6 Å². The van der Waals surface area contributed by atoms with Crippen LogP contribution in [-0.2, 0) is 0 Å². The number of pyridine rings is 1. The molecule has 2 heterocycles. The standard InChI is InChI=1S/C15H25N3O/c1-4-12-19-13-6-5-9-17-14(13)18-10-7-15(2,16-3)8-11-18/h5-6,9,16H,4,7-8,10-12H2,1-3H3. The lowest BCUT2D eigenvalue weighted by Crippen LogP contribution is -2.50. The van der Waals surface area contributed by atoms with Crippen molar-refractivity contribution in [3.63, 3.8) is 0 Å². The fourth-order valence-electron chi connectivity index (χ4n) is 2.41. The molecular formula is C15H25N3O. The summed E-state index contributed by atoms with van der Waals surface area (Å²) >= 11 is 0. The van der Waals surface area contributed by atoms with Crippen LogP contribution in [0.2, 0.25) is 0 Å². The van der Waals surface area contributed by atoms with Gasteiger partial charge in [0.2, 0.25) is 0 Å². The summed E-state index contributed by atoms with van der Waals surface area (Å²) in [5.41, 5.74) is 0.260. The van der Waals surface area contributed by atoms with Gasteiger partial charge in [0.05, 0.1) is 6.61 Å². The first kappa shape index (κ1) is 14.1. The monoisotopic (exact) mass is 263 g/mol. The number of anilines is 1. The van der Waals surface area contributed by atoms with E-state index in [0.29, 0.717) is 0 Å². The molecule has 1 aliphatic heterocycles. The molecule has 19 heavy (non-hydrogen) atoms. The van der Waals surface area contributed by atoms with E-state index >= 15 is 0 Å². The zero-order chi connectivity index (χ0) is 13.7. The molecule has 2 rings (SSSR count). The van der Waals surface area contributed by atoms with Crippen LogP contribution in [-0.4, -0.2) is 37.3 Å². The van der Waals surface area contributed by atoms with E-state index < -0.39 is 0 Å². The van der Waals surface area contributed by atoms with Gasteiger partial charge in [-0.05, 0) is 45.4 Å². The number of nitrogens with one attached hydrogen (secondary N) is 1. The van der Waals surface area contributed by atoms with E-state index in [0.717, 1.165) is 50.5 Å². The van der Waals surface area contributed by atoms with E-state index in [2.05, 4.69) is 29.0 Å². The highest BCUT2D eigenvalue weighted by Crippen LogP contribution is 2.30. The van der Waals surface area contributed by atoms with Crippen LogP contribution in [0.15, 0.2) is 18.3 Å². The zero-order valence-corrected chi connectivity index (χ0v) is 12.3. The highest BCUT2D eigenvalue weighted by Gasteiger charge is 2.29. The van der Waals surface area contributed by atoms with Crippen molar-refractivity contribution in [2.45, 2.75) is 38.6 Å². The predicted molar refractivity (Wildman–Crippen MR) is 78.9 cm³/mol. The third-order valence-corrected chi connectivity index (χ3v) is 3.98. The van der Waals surface area contributed by atoms with Crippen molar-refractivity contribution in [2.24, 2.45) is 0 Å². The molecule has 1 aliphatic rings. The minimum atomic E-state index is 0.260. The van der Waals surface area contributed by atoms with Gasteiger partial charge in [0.1, 0.15) is 0 Å². The molecule has 1 aromatic rings. The summed E-state index contributed by atoms with van der Waals surface area (Å²) in [5.74, 6) is 1.91. The molecule has 0 saturated carbocycles. The van der Waals surface area contributed by atoms with Gasteiger partial charge in [-0.2, -0.15) is 0 Å². The number of hydrogen-bond donors (Lipinski definition) is 1. The maximum atomic E-state index is 5.80. The van der Waals surface area contributed by atoms with E-state index in [1.165, 1.54) is 0 Å². The molecule has 1 fully saturated rings. The first-order chi connectivity index (χ1) is 9.18. The fourth-order valence-corrected chi connectivity index (χ4v) is 2.41. The summed E-state index contributed by atoms with van der Waals surface area (Å²) in [4.78, 5) is 6.85. The molecule has 4 nitrogen and oxygen atoms in total. The van der Waals surface area contributed by atoms with Crippen LogP contribution >= 0.6 is 0 Å². The number of aromatic nitrogens is 1. The van der Waals surface area contributed by atoms with Gasteiger partial charge in [-0.25, -0.2) is 4.98 Å². The van der Waals surface area contributed by atoms with Crippen LogP contribution in [0.4, 0.5) is 5.82 Å². The second-order valence-corrected chi connectivity index (χ2v) is 5.47. The van der Waals surface area contributed by atoms with Crippen LogP contribution in [0.3, 0.4) is 0 Å². The lowest BCUT2D eigenvalue weighted by molar-refractivity contribution is 0.296. The van der Waals surface area contributed by atoms with Gasteiger partial charge in [-0.3, -0.25) is 0 Å². The van der Waals surface area contributed by atoms with Crippen LogP contribution < -0.4 is 15.0 Å². The maximum absolute atomic E-state index is 5.80. The second kappa shape index (κ2) is 6.24. The smallest absolute Gasteiger partial charge is 0.171 e. The highest BCUT2D eigenvalue weighted by molar-refractivity contribution is 5.52. The van der Waals surface area contributed by atoms with Gasteiger partial charge in [0, 0.05) is 24.8 Å². The summed E-state index contributed by atoms with van der Waals surface area (Å²) in [5, 5.41) is 3.42. The van der Waals surface area contributed by atoms with Crippen LogP contribution in [0.5, 0.6) is 5.75 Å². The van der Waals surface area contributed by atoms with Crippen molar-refractivity contribution < 1.29 is 4.74 Å². The molecule has 0 aromatic carbocycles. The van der Waals surface area contributed by atoms with Crippen molar-refractivity contribution in [2.75, 3.05) is 31.6 Å². The van der Waals surface area contributed by atoms with E-state index in [9.17, 15) is 0 Å². The minimum absolute atomic E-state index is 0.260. The summed E-state index contributed by atoms with van der Waals surface area (Å²) in [6.45, 7) is 7.21. The molecule has 0 radical (unpaired) electrons. The molecule has 1 saturated heterocycles. The Kier molecular flexibility index (Phi) is 4.64. The number of piperidine rings is 1. The lowest BCUT2D eigenvalue weighted by atomic mass is 9.90. The Bertz CT molecular complexity index is 400. The molecule has 0 bridgehead atoms. The molecule has 106 valence electrons. The Morgan fingerprint density at radius 2 is 2.16 bits per heavy atom. The Hall–Kier alpha value is -1.29. The largest absolute Gasteiger partial charge is 0.490 e. The molecule has 4 heteroatoms. The average molecular weight is 263 g/mol. The van der Waals surface area contributed by atoms with Gasteiger partial charge in [-0.1, -0.05) is 6.92 Å². The number of ether oxygens (including phenoxy) is 1. The third kappa shape index (κ3) is 3.38. The van der Waals surface area contributed by atoms with Gasteiger partial charge < -0.3 is 15.0 Å². The van der Waals surface area contributed by atoms with E-state index in [4.69, 9.17) is 4.74 Å². The van der Waals surface area contributed by atoms with Crippen LogP contribution in [0.25, 0.3) is 0 Å². The quantitative estimate of drug-likeness (QED) is 0.885. The van der Waals surface area contributed by atoms with Gasteiger partial charge in [-0.15, -0.1) is 0 Å². The fraction of sp³-hybridized carbons (Fsp3) is 0.667. The van der Waals surface area contributed by atoms with Crippen LogP contribution in [0.1, 0.15) is 33.1 Å².